The van der Waals surface area contributed by atoms with E-state index in [2.05, 4.69) is 15.5 Å². The molecule has 9 heteroatoms. The van der Waals surface area contributed by atoms with Crippen LogP contribution in [-0.4, -0.2) is 59.2 Å². The van der Waals surface area contributed by atoms with E-state index < -0.39 is 0 Å². The van der Waals surface area contributed by atoms with Gasteiger partial charge >= 0.3 is 0 Å². The van der Waals surface area contributed by atoms with Gasteiger partial charge in [-0.1, -0.05) is 35.2 Å². The van der Waals surface area contributed by atoms with Crippen molar-refractivity contribution in [3.8, 4) is 5.75 Å². The van der Waals surface area contributed by atoms with Gasteiger partial charge in [0.2, 0.25) is 11.0 Å². The molecule has 0 bridgehead atoms. The maximum absolute atomic E-state index is 12.4. The summed E-state index contributed by atoms with van der Waals surface area (Å²) in [6.07, 6.45) is 0.150. The molecule has 1 aromatic heterocycles. The molecular weight excluding hydrogens is 372 g/mol. The van der Waals surface area contributed by atoms with Gasteiger partial charge in [-0.05, 0) is 26.0 Å². The third kappa shape index (κ3) is 4.87. The van der Waals surface area contributed by atoms with Crippen LogP contribution in [0.5, 0.6) is 5.75 Å². The van der Waals surface area contributed by atoms with Gasteiger partial charge in [-0.15, -0.1) is 10.2 Å². The Bertz CT molecular complexity index is 745. The van der Waals surface area contributed by atoms with Crippen molar-refractivity contribution >= 4 is 39.8 Å². The van der Waals surface area contributed by atoms with Crippen LogP contribution in [-0.2, 0) is 9.53 Å². The molecule has 0 aliphatic carbocycles. The van der Waals surface area contributed by atoms with E-state index in [0.717, 1.165) is 15.8 Å². The molecule has 1 fully saturated rings. The monoisotopic (exact) mass is 394 g/mol. The Morgan fingerprint density at radius 2 is 2.08 bits per heavy atom. The Morgan fingerprint density at radius 3 is 2.81 bits per heavy atom. The van der Waals surface area contributed by atoms with Crippen molar-refractivity contribution in [3.63, 3.8) is 0 Å². The number of ether oxygens (including phenoxy) is 2. The fourth-order valence-electron chi connectivity index (χ4n) is 2.78. The molecule has 2 aromatic rings. The molecule has 1 amide bonds. The number of benzene rings is 1. The van der Waals surface area contributed by atoms with Crippen LogP contribution in [0.4, 0.5) is 10.8 Å². The van der Waals surface area contributed by atoms with Crippen LogP contribution in [0.2, 0.25) is 0 Å². The van der Waals surface area contributed by atoms with Gasteiger partial charge in [-0.25, -0.2) is 0 Å². The maximum atomic E-state index is 12.4. The number of rotatable bonds is 6. The summed E-state index contributed by atoms with van der Waals surface area (Å²) in [7, 11) is 1.63. The van der Waals surface area contributed by atoms with Crippen LogP contribution in [0.3, 0.4) is 0 Å². The van der Waals surface area contributed by atoms with Crippen molar-refractivity contribution in [1.29, 1.82) is 0 Å². The molecular formula is C17H22N4O3S2. The number of amides is 1. The highest BCUT2D eigenvalue weighted by Crippen LogP contribution is 2.31. The van der Waals surface area contributed by atoms with Crippen molar-refractivity contribution in [2.45, 2.75) is 30.4 Å². The second-order valence-electron chi connectivity index (χ2n) is 6.04. The second-order valence-corrected chi connectivity index (χ2v) is 8.24. The van der Waals surface area contributed by atoms with Gasteiger partial charge in [-0.2, -0.15) is 0 Å². The van der Waals surface area contributed by atoms with E-state index in [1.807, 2.05) is 43.0 Å². The first-order valence-electron chi connectivity index (χ1n) is 8.34. The zero-order chi connectivity index (χ0) is 18.5. The Kier molecular flexibility index (Phi) is 6.33. The molecule has 1 aliphatic heterocycles. The predicted molar refractivity (Wildman–Crippen MR) is 103 cm³/mol. The molecule has 1 aliphatic rings. The van der Waals surface area contributed by atoms with Crippen LogP contribution in [0.15, 0.2) is 28.6 Å². The number of hydrogen-bond donors (Lipinski definition) is 1. The summed E-state index contributed by atoms with van der Waals surface area (Å²) >= 11 is 2.82. The number of carbonyl (C=O) groups excluding carboxylic acids is 1. The summed E-state index contributed by atoms with van der Waals surface area (Å²) in [5, 5.41) is 12.2. The van der Waals surface area contributed by atoms with Crippen molar-refractivity contribution in [3.05, 3.63) is 24.3 Å². The topological polar surface area (TPSA) is 76.6 Å². The van der Waals surface area contributed by atoms with Crippen LogP contribution < -0.4 is 10.1 Å². The second kappa shape index (κ2) is 8.70. The van der Waals surface area contributed by atoms with E-state index in [9.17, 15) is 4.79 Å². The molecule has 0 radical (unpaired) electrons. The van der Waals surface area contributed by atoms with Gasteiger partial charge in [0.1, 0.15) is 5.75 Å². The molecule has 0 saturated carbocycles. The molecule has 7 nitrogen and oxygen atoms in total. The Hall–Kier alpha value is -1.84. The summed E-state index contributed by atoms with van der Waals surface area (Å²) in [6.45, 7) is 5.26. The molecule has 2 heterocycles. The fourth-order valence-corrected chi connectivity index (χ4v) is 4.45. The minimum Gasteiger partial charge on any atom is -0.495 e. The lowest BCUT2D eigenvalue weighted by molar-refractivity contribution is -0.140. The summed E-state index contributed by atoms with van der Waals surface area (Å²) < 4.78 is 11.7. The molecule has 26 heavy (non-hydrogen) atoms. The molecule has 0 unspecified atom stereocenters. The van der Waals surface area contributed by atoms with Crippen molar-refractivity contribution in [1.82, 2.24) is 15.1 Å². The number of nitrogens with zero attached hydrogens (tertiary/aromatic N) is 3. The number of methoxy groups -OCH3 is 1. The van der Waals surface area contributed by atoms with Crippen molar-refractivity contribution in [2.75, 3.05) is 31.3 Å². The van der Waals surface area contributed by atoms with Gasteiger partial charge in [0.25, 0.3) is 0 Å². The lowest BCUT2D eigenvalue weighted by atomic mass is 10.2. The third-order valence-corrected chi connectivity index (χ3v) is 5.80. The number of para-hydroxylation sites is 2. The molecule has 140 valence electrons. The van der Waals surface area contributed by atoms with E-state index >= 15 is 0 Å². The number of carbonyl (C=O) groups is 1. The van der Waals surface area contributed by atoms with Crippen molar-refractivity contribution < 1.29 is 14.3 Å². The molecule has 1 saturated heterocycles. The fraction of sp³-hybridized carbons (Fsp3) is 0.471. The van der Waals surface area contributed by atoms with E-state index in [-0.39, 0.29) is 18.1 Å². The van der Waals surface area contributed by atoms with E-state index in [4.69, 9.17) is 9.47 Å². The van der Waals surface area contributed by atoms with Crippen LogP contribution in [0.25, 0.3) is 0 Å². The predicted octanol–water partition coefficient (Wildman–Crippen LogP) is 3.02. The van der Waals surface area contributed by atoms with Gasteiger partial charge in [0, 0.05) is 13.1 Å². The SMILES string of the molecule is COc1ccccc1Nc1nnc(SCC(=O)N2C[C@@H](C)O[C@@H](C)C2)s1. The minimum absolute atomic E-state index is 0.0749. The Balaban J connectivity index is 1.54. The Morgan fingerprint density at radius 1 is 1.35 bits per heavy atom. The first kappa shape index (κ1) is 18.9. The summed E-state index contributed by atoms with van der Waals surface area (Å²) in [6, 6.07) is 7.62. The lowest BCUT2D eigenvalue weighted by Crippen LogP contribution is -2.48. The zero-order valence-corrected chi connectivity index (χ0v) is 16.6. The van der Waals surface area contributed by atoms with Gasteiger partial charge < -0.3 is 19.7 Å². The number of aromatic nitrogens is 2. The molecule has 1 aromatic carbocycles. The molecule has 2 atom stereocenters. The third-order valence-electron chi connectivity index (χ3n) is 3.85. The smallest absolute Gasteiger partial charge is 0.233 e. The van der Waals surface area contributed by atoms with E-state index in [0.29, 0.717) is 24.0 Å². The summed E-state index contributed by atoms with van der Waals surface area (Å²) in [5.41, 5.74) is 0.829. The first-order valence-corrected chi connectivity index (χ1v) is 10.1. The van der Waals surface area contributed by atoms with Crippen LogP contribution >= 0.6 is 23.1 Å². The Labute approximate surface area is 161 Å². The zero-order valence-electron chi connectivity index (χ0n) is 15.0. The van der Waals surface area contributed by atoms with E-state index in [1.54, 1.807) is 7.11 Å². The highest BCUT2D eigenvalue weighted by Gasteiger charge is 2.26. The number of nitrogens with one attached hydrogen (secondary N) is 1. The normalized spacial score (nSPS) is 20.0. The number of anilines is 2. The highest BCUT2D eigenvalue weighted by atomic mass is 32.2. The van der Waals surface area contributed by atoms with Gasteiger partial charge in [0.15, 0.2) is 4.34 Å². The first-order chi connectivity index (χ1) is 12.5. The molecule has 3 rings (SSSR count). The highest BCUT2D eigenvalue weighted by molar-refractivity contribution is 8.01. The van der Waals surface area contributed by atoms with Gasteiger partial charge in [-0.3, -0.25) is 4.79 Å². The standard InChI is InChI=1S/C17H22N4O3S2/c1-11-8-21(9-12(2)24-11)15(22)10-25-17-20-19-16(26-17)18-13-6-4-5-7-14(13)23-3/h4-7,11-12H,8-10H2,1-3H3,(H,18,19)/t11-,12+. The maximum Gasteiger partial charge on any atom is 0.233 e. The van der Waals surface area contributed by atoms with E-state index in [1.165, 1.54) is 23.1 Å². The summed E-state index contributed by atoms with van der Waals surface area (Å²) in [5.74, 6) is 1.19. The van der Waals surface area contributed by atoms with Crippen LogP contribution in [0.1, 0.15) is 13.8 Å². The molecule has 0 spiro atoms. The van der Waals surface area contributed by atoms with Gasteiger partial charge in [0.05, 0.1) is 30.8 Å². The molecule has 1 N–H and O–H groups in total. The summed E-state index contributed by atoms with van der Waals surface area (Å²) in [4.78, 5) is 14.3. The lowest BCUT2D eigenvalue weighted by Gasteiger charge is -2.35. The average molecular weight is 395 g/mol. The average Bonchev–Trinajstić information content (AvgIpc) is 3.06. The largest absolute Gasteiger partial charge is 0.495 e. The minimum atomic E-state index is 0.0749. The quantitative estimate of drug-likeness (QED) is 0.755. The number of morpholine rings is 1. The number of hydrogen-bond acceptors (Lipinski definition) is 8. The van der Waals surface area contributed by atoms with Crippen LogP contribution in [0, 0.1) is 0 Å². The number of thioether (sulfide) groups is 1. The van der Waals surface area contributed by atoms with Crippen molar-refractivity contribution in [2.24, 2.45) is 0 Å².